The predicted octanol–water partition coefficient (Wildman–Crippen LogP) is -4.89. The van der Waals surface area contributed by atoms with Crippen LogP contribution in [0.1, 0.15) is 6.23 Å². The molecule has 2 aliphatic rings. The highest BCUT2D eigenvalue weighted by atomic mass is 19.1. The molecular weight excluding hydrogens is 403 g/mol. The van der Waals surface area contributed by atoms with Crippen molar-refractivity contribution in [3.8, 4) is 0 Å². The molecule has 3 rings (SSSR count). The number of aromatic amines is 1. The van der Waals surface area contributed by atoms with Crippen molar-refractivity contribution < 1.29 is 49.2 Å². The SMILES string of the molecule is O=c1[nH]c(=O)n(C2OC(COC3OC(CO)C(O)C(O)C3O)C(O)C2O)cc1F. The van der Waals surface area contributed by atoms with E-state index in [1.54, 1.807) is 4.98 Å². The van der Waals surface area contributed by atoms with E-state index in [1.807, 2.05) is 0 Å². The summed E-state index contributed by atoms with van der Waals surface area (Å²) >= 11 is 0. The van der Waals surface area contributed by atoms with Crippen LogP contribution < -0.4 is 11.2 Å². The zero-order chi connectivity index (χ0) is 21.5. The molecule has 29 heavy (non-hydrogen) atoms. The lowest BCUT2D eigenvalue weighted by Crippen LogP contribution is -2.59. The molecule has 164 valence electrons. The van der Waals surface area contributed by atoms with Crippen LogP contribution in [0.4, 0.5) is 4.39 Å². The minimum atomic E-state index is -1.69. The Morgan fingerprint density at radius 3 is 2.31 bits per heavy atom. The van der Waals surface area contributed by atoms with Gasteiger partial charge < -0.3 is 44.8 Å². The summed E-state index contributed by atoms with van der Waals surface area (Å²) in [7, 11) is 0. The van der Waals surface area contributed by atoms with E-state index in [4.69, 9.17) is 19.3 Å². The van der Waals surface area contributed by atoms with Crippen LogP contribution in [0.15, 0.2) is 15.8 Å². The van der Waals surface area contributed by atoms with E-state index in [2.05, 4.69) is 0 Å². The zero-order valence-electron chi connectivity index (χ0n) is 14.7. The lowest BCUT2D eigenvalue weighted by molar-refractivity contribution is -0.306. The van der Waals surface area contributed by atoms with Gasteiger partial charge in [-0.2, -0.15) is 4.39 Å². The number of nitrogens with one attached hydrogen (secondary N) is 1. The molecule has 13 nitrogen and oxygen atoms in total. The largest absolute Gasteiger partial charge is 0.394 e. The van der Waals surface area contributed by atoms with Crippen molar-refractivity contribution in [1.29, 1.82) is 0 Å². The highest BCUT2D eigenvalue weighted by molar-refractivity contribution is 4.95. The maximum atomic E-state index is 13.5. The standard InChI is InChI=1S/C15H21FN2O11/c16-4-1-18(15(26)17-12(4)25)13-10(23)8(21)6(28-13)3-27-14-11(24)9(22)7(20)5(2-19)29-14/h1,5-11,13-14,19-24H,2-3H2,(H,17,25,26). The number of aromatic nitrogens is 2. The summed E-state index contributed by atoms with van der Waals surface area (Å²) in [6, 6.07) is 0. The number of halogens is 1. The number of hydrogen-bond acceptors (Lipinski definition) is 11. The second-order valence-corrected chi connectivity index (χ2v) is 6.72. The molecule has 0 aromatic carbocycles. The molecule has 9 unspecified atom stereocenters. The van der Waals surface area contributed by atoms with Gasteiger partial charge in [0.2, 0.25) is 5.82 Å². The molecule has 0 saturated carbocycles. The minimum absolute atomic E-state index is 0.516. The Bertz CT molecular complexity index is 829. The lowest BCUT2D eigenvalue weighted by Gasteiger charge is -2.39. The van der Waals surface area contributed by atoms with Crippen molar-refractivity contribution in [1.82, 2.24) is 9.55 Å². The summed E-state index contributed by atoms with van der Waals surface area (Å²) in [6.07, 6.45) is -13.3. The van der Waals surface area contributed by atoms with E-state index in [0.29, 0.717) is 10.8 Å². The number of aliphatic hydroxyl groups is 6. The lowest BCUT2D eigenvalue weighted by atomic mass is 9.99. The molecule has 14 heteroatoms. The zero-order valence-corrected chi connectivity index (χ0v) is 14.7. The van der Waals surface area contributed by atoms with E-state index >= 15 is 0 Å². The van der Waals surface area contributed by atoms with Gasteiger partial charge in [-0.3, -0.25) is 14.3 Å². The number of nitrogens with zero attached hydrogens (tertiary/aromatic N) is 1. The fourth-order valence-corrected chi connectivity index (χ4v) is 3.14. The van der Waals surface area contributed by atoms with Gasteiger partial charge in [0.05, 0.1) is 19.4 Å². The summed E-state index contributed by atoms with van der Waals surface area (Å²) in [5, 5.41) is 58.8. The molecule has 0 spiro atoms. The number of H-pyrrole nitrogens is 1. The topological polar surface area (TPSA) is 204 Å². The Morgan fingerprint density at radius 1 is 1.00 bits per heavy atom. The number of rotatable bonds is 5. The molecule has 0 aliphatic carbocycles. The normalized spacial score (nSPS) is 40.3. The molecule has 9 atom stereocenters. The second kappa shape index (κ2) is 8.55. The first-order chi connectivity index (χ1) is 13.6. The summed E-state index contributed by atoms with van der Waals surface area (Å²) in [4.78, 5) is 24.6. The van der Waals surface area contributed by atoms with E-state index in [9.17, 15) is 39.5 Å². The third kappa shape index (κ3) is 4.11. The van der Waals surface area contributed by atoms with Crippen LogP contribution in [0, 0.1) is 5.82 Å². The molecule has 1 aromatic rings. The number of ether oxygens (including phenoxy) is 3. The first-order valence-corrected chi connectivity index (χ1v) is 8.60. The fraction of sp³-hybridized carbons (Fsp3) is 0.733. The molecule has 0 radical (unpaired) electrons. The maximum Gasteiger partial charge on any atom is 0.330 e. The summed E-state index contributed by atoms with van der Waals surface area (Å²) < 4.78 is 29.7. The summed E-state index contributed by atoms with van der Waals surface area (Å²) in [5.74, 6) is -1.31. The third-order valence-corrected chi connectivity index (χ3v) is 4.81. The van der Waals surface area contributed by atoms with Crippen LogP contribution in [0.3, 0.4) is 0 Å². The second-order valence-electron chi connectivity index (χ2n) is 6.72. The smallest absolute Gasteiger partial charge is 0.330 e. The van der Waals surface area contributed by atoms with E-state index < -0.39 is 85.5 Å². The molecule has 0 amide bonds. The van der Waals surface area contributed by atoms with Gasteiger partial charge in [-0.1, -0.05) is 0 Å². The highest BCUT2D eigenvalue weighted by Gasteiger charge is 2.47. The van der Waals surface area contributed by atoms with Crippen molar-refractivity contribution in [2.24, 2.45) is 0 Å². The average molecular weight is 424 g/mol. The first-order valence-electron chi connectivity index (χ1n) is 8.60. The molecular formula is C15H21FN2O11. The third-order valence-electron chi connectivity index (χ3n) is 4.81. The number of hydrogen-bond donors (Lipinski definition) is 7. The van der Waals surface area contributed by atoms with Crippen molar-refractivity contribution in [3.05, 3.63) is 32.9 Å². The van der Waals surface area contributed by atoms with Crippen LogP contribution in [-0.2, 0) is 14.2 Å². The van der Waals surface area contributed by atoms with Crippen LogP contribution >= 0.6 is 0 Å². The Kier molecular flexibility index (Phi) is 6.47. The Labute approximate surface area is 161 Å². The number of aliphatic hydroxyl groups excluding tert-OH is 6. The molecule has 2 saturated heterocycles. The summed E-state index contributed by atoms with van der Waals surface area (Å²) in [5.41, 5.74) is -2.34. The molecule has 3 heterocycles. The molecule has 7 N–H and O–H groups in total. The van der Waals surface area contributed by atoms with Crippen molar-refractivity contribution >= 4 is 0 Å². The van der Waals surface area contributed by atoms with Crippen molar-refractivity contribution in [3.63, 3.8) is 0 Å². The predicted molar refractivity (Wildman–Crippen MR) is 86.9 cm³/mol. The Balaban J connectivity index is 1.69. The van der Waals surface area contributed by atoms with Gasteiger partial charge in [0, 0.05) is 0 Å². The monoisotopic (exact) mass is 424 g/mol. The van der Waals surface area contributed by atoms with Crippen molar-refractivity contribution in [2.45, 2.75) is 55.2 Å². The van der Waals surface area contributed by atoms with Gasteiger partial charge >= 0.3 is 5.69 Å². The minimum Gasteiger partial charge on any atom is -0.394 e. The molecule has 0 bridgehead atoms. The van der Waals surface area contributed by atoms with Gasteiger partial charge in [0.25, 0.3) is 5.56 Å². The maximum absolute atomic E-state index is 13.5. The van der Waals surface area contributed by atoms with Crippen LogP contribution in [0.5, 0.6) is 0 Å². The fourth-order valence-electron chi connectivity index (χ4n) is 3.14. The van der Waals surface area contributed by atoms with Crippen molar-refractivity contribution in [2.75, 3.05) is 13.2 Å². The van der Waals surface area contributed by atoms with Crippen LogP contribution in [0.25, 0.3) is 0 Å². The Morgan fingerprint density at radius 2 is 1.66 bits per heavy atom. The van der Waals surface area contributed by atoms with Crippen LogP contribution in [0.2, 0.25) is 0 Å². The molecule has 1 aromatic heterocycles. The first kappa shape index (κ1) is 21.9. The van der Waals surface area contributed by atoms with E-state index in [-0.39, 0.29) is 0 Å². The van der Waals surface area contributed by atoms with E-state index in [0.717, 1.165) is 0 Å². The quantitative estimate of drug-likeness (QED) is 0.239. The summed E-state index contributed by atoms with van der Waals surface area (Å²) in [6.45, 7) is -1.19. The van der Waals surface area contributed by atoms with Gasteiger partial charge in [-0.05, 0) is 0 Å². The average Bonchev–Trinajstić information content (AvgIpc) is 2.97. The van der Waals surface area contributed by atoms with E-state index in [1.165, 1.54) is 0 Å². The van der Waals surface area contributed by atoms with Gasteiger partial charge in [-0.25, -0.2) is 4.79 Å². The van der Waals surface area contributed by atoms with Gasteiger partial charge in [-0.15, -0.1) is 0 Å². The molecule has 2 fully saturated rings. The highest BCUT2D eigenvalue weighted by Crippen LogP contribution is 2.30. The van der Waals surface area contributed by atoms with Crippen LogP contribution in [-0.4, -0.2) is 102 Å². The van der Waals surface area contributed by atoms with Gasteiger partial charge in [0.15, 0.2) is 12.5 Å². The Hall–Kier alpha value is -1.75. The van der Waals surface area contributed by atoms with Gasteiger partial charge in [0.1, 0.15) is 42.7 Å². The molecule has 2 aliphatic heterocycles.